The fourth-order valence-corrected chi connectivity index (χ4v) is 2.86. The first kappa shape index (κ1) is 18.2. The number of nitrogens with one attached hydrogen (secondary N) is 1. The highest BCUT2D eigenvalue weighted by Gasteiger charge is 2.07. The first-order chi connectivity index (χ1) is 12.5. The molecule has 4 nitrogen and oxygen atoms in total. The van der Waals surface area contributed by atoms with Crippen molar-refractivity contribution in [3.05, 3.63) is 76.3 Å². The van der Waals surface area contributed by atoms with Gasteiger partial charge in [-0.25, -0.2) is 0 Å². The Kier molecular flexibility index (Phi) is 5.76. The standard InChI is InChI=1S/C20H17Cl2NO3/c1-25-15-5-7-16(8-6-15)26-17-4-2-3-13(9-17)12-23-14-10-18(21)20(24)19(22)11-14/h2-11,23-24H,12H2,1H3. The third-order valence-electron chi connectivity index (χ3n) is 3.71. The minimum absolute atomic E-state index is 0.117. The quantitative estimate of drug-likeness (QED) is 0.499. The lowest BCUT2D eigenvalue weighted by atomic mass is 10.2. The zero-order valence-corrected chi connectivity index (χ0v) is 15.5. The van der Waals surface area contributed by atoms with E-state index in [0.717, 1.165) is 28.5 Å². The summed E-state index contributed by atoms with van der Waals surface area (Å²) in [6.07, 6.45) is 0. The molecule has 3 aromatic rings. The number of hydrogen-bond donors (Lipinski definition) is 2. The molecule has 0 bridgehead atoms. The number of anilines is 1. The first-order valence-corrected chi connectivity index (χ1v) is 8.63. The Bertz CT molecular complexity index is 875. The van der Waals surface area contributed by atoms with Crippen LogP contribution in [-0.2, 0) is 6.54 Å². The predicted octanol–water partition coefficient (Wildman–Crippen LogP) is 6.11. The van der Waals surface area contributed by atoms with Gasteiger partial charge >= 0.3 is 0 Å². The Morgan fingerprint density at radius 2 is 1.54 bits per heavy atom. The van der Waals surface area contributed by atoms with Gasteiger partial charge in [0.05, 0.1) is 17.2 Å². The van der Waals surface area contributed by atoms with Gasteiger partial charge in [-0.3, -0.25) is 0 Å². The largest absolute Gasteiger partial charge is 0.505 e. The third-order valence-corrected chi connectivity index (χ3v) is 4.28. The van der Waals surface area contributed by atoms with Crippen molar-refractivity contribution in [3.8, 4) is 23.0 Å². The van der Waals surface area contributed by atoms with Crippen LogP contribution in [0.3, 0.4) is 0 Å². The zero-order chi connectivity index (χ0) is 18.5. The summed E-state index contributed by atoms with van der Waals surface area (Å²) < 4.78 is 11.0. The van der Waals surface area contributed by atoms with E-state index in [0.29, 0.717) is 6.54 Å². The number of benzene rings is 3. The van der Waals surface area contributed by atoms with E-state index in [4.69, 9.17) is 32.7 Å². The van der Waals surface area contributed by atoms with E-state index in [-0.39, 0.29) is 15.8 Å². The average Bonchev–Trinajstić information content (AvgIpc) is 2.65. The number of halogens is 2. The predicted molar refractivity (Wildman–Crippen MR) is 105 cm³/mol. The van der Waals surface area contributed by atoms with Crippen LogP contribution in [-0.4, -0.2) is 12.2 Å². The number of ether oxygens (including phenoxy) is 2. The van der Waals surface area contributed by atoms with E-state index < -0.39 is 0 Å². The van der Waals surface area contributed by atoms with Crippen molar-refractivity contribution in [2.24, 2.45) is 0 Å². The average molecular weight is 390 g/mol. The Labute approximate surface area is 161 Å². The SMILES string of the molecule is COc1ccc(Oc2cccc(CNc3cc(Cl)c(O)c(Cl)c3)c2)cc1. The van der Waals surface area contributed by atoms with E-state index in [1.807, 2.05) is 48.5 Å². The third kappa shape index (κ3) is 4.54. The van der Waals surface area contributed by atoms with Gasteiger partial charge in [-0.05, 0) is 54.1 Å². The van der Waals surface area contributed by atoms with E-state index in [1.165, 1.54) is 0 Å². The Hall–Kier alpha value is -2.56. The van der Waals surface area contributed by atoms with Crippen LogP contribution < -0.4 is 14.8 Å². The Morgan fingerprint density at radius 1 is 0.885 bits per heavy atom. The molecule has 0 aromatic heterocycles. The molecule has 3 aromatic carbocycles. The van der Waals surface area contributed by atoms with E-state index in [1.54, 1.807) is 19.2 Å². The topological polar surface area (TPSA) is 50.7 Å². The Balaban J connectivity index is 1.67. The molecule has 0 aliphatic carbocycles. The number of rotatable bonds is 6. The summed E-state index contributed by atoms with van der Waals surface area (Å²) in [7, 11) is 1.63. The highest BCUT2D eigenvalue weighted by atomic mass is 35.5. The van der Waals surface area contributed by atoms with Crippen LogP contribution in [0, 0.1) is 0 Å². The van der Waals surface area contributed by atoms with Gasteiger partial charge in [0.25, 0.3) is 0 Å². The molecule has 6 heteroatoms. The summed E-state index contributed by atoms with van der Waals surface area (Å²) in [5, 5.41) is 13.2. The molecule has 0 unspecified atom stereocenters. The first-order valence-electron chi connectivity index (χ1n) is 7.88. The molecule has 0 fully saturated rings. The number of phenols is 1. The summed E-state index contributed by atoms with van der Waals surface area (Å²) in [5.74, 6) is 2.12. The van der Waals surface area contributed by atoms with Crippen LogP contribution in [0.1, 0.15) is 5.56 Å². The van der Waals surface area contributed by atoms with Gasteiger partial charge in [0.1, 0.15) is 17.2 Å². The van der Waals surface area contributed by atoms with Gasteiger partial charge < -0.3 is 19.9 Å². The molecule has 26 heavy (non-hydrogen) atoms. The summed E-state index contributed by atoms with van der Waals surface area (Å²) in [6, 6.07) is 18.4. The minimum atomic E-state index is -0.117. The maximum absolute atomic E-state index is 9.61. The maximum Gasteiger partial charge on any atom is 0.152 e. The van der Waals surface area contributed by atoms with Crippen LogP contribution in [0.2, 0.25) is 10.0 Å². The van der Waals surface area contributed by atoms with Crippen LogP contribution in [0.15, 0.2) is 60.7 Å². The summed E-state index contributed by atoms with van der Waals surface area (Å²) in [5.41, 5.74) is 1.75. The number of aromatic hydroxyl groups is 1. The monoisotopic (exact) mass is 389 g/mol. The lowest BCUT2D eigenvalue weighted by molar-refractivity contribution is 0.413. The fraction of sp³-hybridized carbons (Fsp3) is 0.100. The van der Waals surface area contributed by atoms with Crippen molar-refractivity contribution >= 4 is 28.9 Å². The van der Waals surface area contributed by atoms with Crippen molar-refractivity contribution in [1.82, 2.24) is 0 Å². The molecule has 0 radical (unpaired) electrons. The van der Waals surface area contributed by atoms with Gasteiger partial charge in [-0.15, -0.1) is 0 Å². The second-order valence-corrected chi connectivity index (χ2v) is 6.38. The van der Waals surface area contributed by atoms with Crippen LogP contribution in [0.5, 0.6) is 23.0 Å². The Morgan fingerprint density at radius 3 is 2.19 bits per heavy atom. The molecule has 3 rings (SSSR count). The zero-order valence-electron chi connectivity index (χ0n) is 14.0. The molecule has 0 spiro atoms. The molecule has 0 saturated carbocycles. The van der Waals surface area contributed by atoms with Crippen LogP contribution in [0.4, 0.5) is 5.69 Å². The summed E-state index contributed by atoms with van der Waals surface area (Å²) >= 11 is 11.9. The van der Waals surface area contributed by atoms with Gasteiger partial charge in [-0.2, -0.15) is 0 Å². The highest BCUT2D eigenvalue weighted by molar-refractivity contribution is 6.37. The number of methoxy groups -OCH3 is 1. The molecule has 134 valence electrons. The van der Waals surface area contributed by atoms with Gasteiger partial charge in [0, 0.05) is 12.2 Å². The second-order valence-electron chi connectivity index (χ2n) is 5.57. The summed E-state index contributed by atoms with van der Waals surface area (Å²) in [4.78, 5) is 0. The molecular weight excluding hydrogens is 373 g/mol. The smallest absolute Gasteiger partial charge is 0.152 e. The van der Waals surface area contributed by atoms with Gasteiger partial charge in [-0.1, -0.05) is 35.3 Å². The van der Waals surface area contributed by atoms with Crippen molar-refractivity contribution in [2.75, 3.05) is 12.4 Å². The minimum Gasteiger partial charge on any atom is -0.505 e. The van der Waals surface area contributed by atoms with Crippen LogP contribution >= 0.6 is 23.2 Å². The fourth-order valence-electron chi connectivity index (χ4n) is 2.37. The molecule has 2 N–H and O–H groups in total. The molecule has 0 amide bonds. The number of phenolic OH excluding ortho intramolecular Hbond substituents is 1. The normalized spacial score (nSPS) is 10.4. The van der Waals surface area contributed by atoms with Crippen molar-refractivity contribution < 1.29 is 14.6 Å². The molecular formula is C20H17Cl2NO3. The van der Waals surface area contributed by atoms with E-state index >= 15 is 0 Å². The van der Waals surface area contributed by atoms with E-state index in [9.17, 15) is 5.11 Å². The van der Waals surface area contributed by atoms with Crippen molar-refractivity contribution in [2.45, 2.75) is 6.54 Å². The van der Waals surface area contributed by atoms with Gasteiger partial charge in [0.15, 0.2) is 5.75 Å². The second kappa shape index (κ2) is 8.21. The van der Waals surface area contributed by atoms with Crippen molar-refractivity contribution in [1.29, 1.82) is 0 Å². The van der Waals surface area contributed by atoms with Gasteiger partial charge in [0.2, 0.25) is 0 Å². The van der Waals surface area contributed by atoms with Crippen molar-refractivity contribution in [3.63, 3.8) is 0 Å². The summed E-state index contributed by atoms with van der Waals surface area (Å²) in [6.45, 7) is 0.553. The molecule has 0 aliphatic heterocycles. The lowest BCUT2D eigenvalue weighted by Crippen LogP contribution is -1.99. The lowest BCUT2D eigenvalue weighted by Gasteiger charge is -2.11. The van der Waals surface area contributed by atoms with Crippen LogP contribution in [0.25, 0.3) is 0 Å². The molecule has 0 heterocycles. The molecule has 0 saturated heterocycles. The number of hydrogen-bond acceptors (Lipinski definition) is 4. The van der Waals surface area contributed by atoms with E-state index in [2.05, 4.69) is 5.32 Å². The molecule has 0 atom stereocenters. The molecule has 0 aliphatic rings. The maximum atomic E-state index is 9.61. The highest BCUT2D eigenvalue weighted by Crippen LogP contribution is 2.34.